The summed E-state index contributed by atoms with van der Waals surface area (Å²) in [6, 6.07) is 17.3. The van der Waals surface area contributed by atoms with Crippen LogP contribution < -0.4 is 9.47 Å². The summed E-state index contributed by atoms with van der Waals surface area (Å²) in [5.41, 5.74) is 12.5. The Morgan fingerprint density at radius 1 is 1.12 bits per heavy atom. The molecule has 2 aromatic heterocycles. The maximum atomic E-state index is 8.48. The lowest BCUT2D eigenvalue weighted by Crippen LogP contribution is -1.98. The van der Waals surface area contributed by atoms with Gasteiger partial charge in [-0.3, -0.25) is 9.67 Å². The highest BCUT2D eigenvalue weighted by Gasteiger charge is 2.07. The topological polar surface area (TPSA) is 97.9 Å². The Labute approximate surface area is 185 Å². The number of hydrogen-bond acceptors (Lipinski definition) is 5. The summed E-state index contributed by atoms with van der Waals surface area (Å²) in [5, 5.41) is 8.79. The van der Waals surface area contributed by atoms with E-state index >= 15 is 0 Å². The second-order valence-corrected chi connectivity index (χ2v) is 6.97. The summed E-state index contributed by atoms with van der Waals surface area (Å²) < 4.78 is 13.0. The highest BCUT2D eigenvalue weighted by Crippen LogP contribution is 2.26. The van der Waals surface area contributed by atoms with Crippen molar-refractivity contribution >= 4 is 10.9 Å². The normalized spacial score (nSPS) is 10.2. The molecular formula is C24H20N6O2. The molecule has 32 heavy (non-hydrogen) atoms. The average Bonchev–Trinajstić information content (AvgIpc) is 3.19. The van der Waals surface area contributed by atoms with E-state index in [1.165, 1.54) is 0 Å². The monoisotopic (exact) mass is 424 g/mol. The van der Waals surface area contributed by atoms with E-state index < -0.39 is 0 Å². The number of ether oxygens (including phenoxy) is 2. The summed E-state index contributed by atoms with van der Waals surface area (Å²) in [4.78, 5) is 7.24. The van der Waals surface area contributed by atoms with Crippen LogP contribution in [0, 0.1) is 11.8 Å². The van der Waals surface area contributed by atoms with Crippen molar-refractivity contribution in [1.29, 1.82) is 0 Å². The zero-order valence-electron chi connectivity index (χ0n) is 17.7. The second kappa shape index (κ2) is 9.56. The molecule has 0 aliphatic rings. The summed E-state index contributed by atoms with van der Waals surface area (Å²) >= 11 is 0. The van der Waals surface area contributed by atoms with Gasteiger partial charge < -0.3 is 9.47 Å². The van der Waals surface area contributed by atoms with E-state index in [0.717, 1.165) is 33.5 Å². The number of nitrogens with zero attached hydrogens (tertiary/aromatic N) is 6. The SMILES string of the molecule is COc1ccc(COc2cc(C#Cc3cc(CN=[N+]=[N-])nn3C)cc3cccnc23)cc1. The Morgan fingerprint density at radius 2 is 1.97 bits per heavy atom. The van der Waals surface area contributed by atoms with Crippen molar-refractivity contribution in [2.75, 3.05) is 7.11 Å². The maximum Gasteiger partial charge on any atom is 0.147 e. The van der Waals surface area contributed by atoms with Crippen LogP contribution in [-0.2, 0) is 20.2 Å². The standard InChI is InChI=1S/C24H20N6O2/c1-30-21(14-20(28-30)15-27-29-25)8-5-18-12-19-4-3-11-26-24(19)23(13-18)32-16-17-6-9-22(31-2)10-7-17/h3-4,6-7,9-14H,15-16H2,1-2H3. The van der Waals surface area contributed by atoms with E-state index in [1.807, 2.05) is 54.6 Å². The lowest BCUT2D eigenvalue weighted by molar-refractivity contribution is 0.309. The number of rotatable bonds is 6. The van der Waals surface area contributed by atoms with Gasteiger partial charge in [0.1, 0.15) is 29.3 Å². The molecule has 0 unspecified atom stereocenters. The Morgan fingerprint density at radius 3 is 2.75 bits per heavy atom. The van der Waals surface area contributed by atoms with Gasteiger partial charge in [0, 0.05) is 29.1 Å². The molecule has 158 valence electrons. The zero-order chi connectivity index (χ0) is 22.3. The fourth-order valence-electron chi connectivity index (χ4n) is 3.19. The van der Waals surface area contributed by atoms with Crippen LogP contribution >= 0.6 is 0 Å². The number of hydrogen-bond donors (Lipinski definition) is 0. The summed E-state index contributed by atoms with van der Waals surface area (Å²) in [7, 11) is 3.44. The molecule has 8 nitrogen and oxygen atoms in total. The van der Waals surface area contributed by atoms with Crippen molar-refractivity contribution < 1.29 is 9.47 Å². The minimum atomic E-state index is 0.191. The highest BCUT2D eigenvalue weighted by atomic mass is 16.5. The van der Waals surface area contributed by atoms with Gasteiger partial charge in [-0.15, -0.1) is 0 Å². The molecule has 0 saturated carbocycles. The minimum Gasteiger partial charge on any atom is -0.497 e. The molecule has 0 aliphatic heterocycles. The van der Waals surface area contributed by atoms with Crippen molar-refractivity contribution in [3.63, 3.8) is 0 Å². The van der Waals surface area contributed by atoms with Crippen LogP contribution in [0.1, 0.15) is 22.5 Å². The number of pyridine rings is 1. The number of azide groups is 1. The number of fused-ring (bicyclic) bond motifs is 1. The van der Waals surface area contributed by atoms with E-state index in [2.05, 4.69) is 31.9 Å². The van der Waals surface area contributed by atoms with Gasteiger partial charge in [-0.05, 0) is 53.4 Å². The first kappa shape index (κ1) is 20.8. The molecule has 0 fully saturated rings. The minimum absolute atomic E-state index is 0.191. The highest BCUT2D eigenvalue weighted by molar-refractivity contribution is 5.86. The molecule has 2 aromatic carbocycles. The fraction of sp³-hybridized carbons (Fsp3) is 0.167. The molecule has 4 rings (SSSR count). The quantitative estimate of drug-likeness (QED) is 0.193. The van der Waals surface area contributed by atoms with Crippen molar-refractivity contribution in [3.05, 3.63) is 93.8 Å². The van der Waals surface area contributed by atoms with E-state index in [-0.39, 0.29) is 6.54 Å². The molecule has 8 heteroatoms. The van der Waals surface area contributed by atoms with Crippen molar-refractivity contribution in [1.82, 2.24) is 14.8 Å². The maximum absolute atomic E-state index is 8.48. The van der Waals surface area contributed by atoms with Crippen LogP contribution in [-0.4, -0.2) is 21.9 Å². The van der Waals surface area contributed by atoms with Gasteiger partial charge in [-0.1, -0.05) is 29.2 Å². The largest absolute Gasteiger partial charge is 0.497 e. The van der Waals surface area contributed by atoms with Crippen LogP contribution in [0.5, 0.6) is 11.5 Å². The van der Waals surface area contributed by atoms with Crippen LogP contribution in [0.4, 0.5) is 0 Å². The Bertz CT molecular complexity index is 1360. The molecule has 0 atom stereocenters. The first-order valence-corrected chi connectivity index (χ1v) is 9.86. The summed E-state index contributed by atoms with van der Waals surface area (Å²) in [6.07, 6.45) is 1.74. The van der Waals surface area contributed by atoms with Gasteiger partial charge >= 0.3 is 0 Å². The number of aromatic nitrogens is 3. The summed E-state index contributed by atoms with van der Waals surface area (Å²) in [5.74, 6) is 7.77. The smallest absolute Gasteiger partial charge is 0.147 e. The first-order valence-electron chi connectivity index (χ1n) is 9.86. The molecule has 0 saturated heterocycles. The third kappa shape index (κ3) is 4.81. The van der Waals surface area contributed by atoms with Gasteiger partial charge in [0.2, 0.25) is 0 Å². The van der Waals surface area contributed by atoms with E-state index in [4.69, 9.17) is 15.0 Å². The first-order chi connectivity index (χ1) is 15.7. The van der Waals surface area contributed by atoms with Crippen LogP contribution in [0.3, 0.4) is 0 Å². The molecule has 0 N–H and O–H groups in total. The van der Waals surface area contributed by atoms with E-state index in [9.17, 15) is 0 Å². The van der Waals surface area contributed by atoms with Crippen LogP contribution in [0.25, 0.3) is 21.3 Å². The van der Waals surface area contributed by atoms with Gasteiger partial charge in [0.05, 0.1) is 19.3 Å². The third-order valence-electron chi connectivity index (χ3n) is 4.78. The molecule has 0 amide bonds. The van der Waals surface area contributed by atoms with Crippen molar-refractivity contribution in [3.8, 4) is 23.3 Å². The molecular weight excluding hydrogens is 404 g/mol. The van der Waals surface area contributed by atoms with Crippen molar-refractivity contribution in [2.45, 2.75) is 13.2 Å². The van der Waals surface area contributed by atoms with Gasteiger partial charge in [0.25, 0.3) is 0 Å². The van der Waals surface area contributed by atoms with Crippen molar-refractivity contribution in [2.24, 2.45) is 12.2 Å². The van der Waals surface area contributed by atoms with Gasteiger partial charge in [-0.25, -0.2) is 0 Å². The number of benzene rings is 2. The molecule has 0 aliphatic carbocycles. The Hall–Kier alpha value is -4.47. The van der Waals surface area contributed by atoms with Crippen LogP contribution in [0.2, 0.25) is 0 Å². The van der Waals surface area contributed by atoms with E-state index in [1.54, 1.807) is 25.0 Å². The molecule has 4 aromatic rings. The molecule has 0 bridgehead atoms. The van der Waals surface area contributed by atoms with E-state index in [0.29, 0.717) is 18.1 Å². The number of aryl methyl sites for hydroxylation is 1. The fourth-order valence-corrected chi connectivity index (χ4v) is 3.19. The van der Waals surface area contributed by atoms with Gasteiger partial charge in [-0.2, -0.15) is 5.10 Å². The Kier molecular flexibility index (Phi) is 6.21. The lowest BCUT2D eigenvalue weighted by Gasteiger charge is -2.10. The zero-order valence-corrected chi connectivity index (χ0v) is 17.7. The third-order valence-corrected chi connectivity index (χ3v) is 4.78. The summed E-state index contributed by atoms with van der Waals surface area (Å²) in [6.45, 7) is 0.591. The molecule has 0 spiro atoms. The lowest BCUT2D eigenvalue weighted by atomic mass is 10.1. The molecule has 0 radical (unpaired) electrons. The Balaban J connectivity index is 1.61. The average molecular weight is 424 g/mol. The van der Waals surface area contributed by atoms with Gasteiger partial charge in [0.15, 0.2) is 0 Å². The second-order valence-electron chi connectivity index (χ2n) is 6.97. The predicted molar refractivity (Wildman–Crippen MR) is 121 cm³/mol. The molecule has 2 heterocycles. The number of methoxy groups -OCH3 is 1. The predicted octanol–water partition coefficient (Wildman–Crippen LogP) is 4.77. The van der Waals surface area contributed by atoms with Crippen LogP contribution in [0.15, 0.2) is 65.9 Å².